The predicted molar refractivity (Wildman–Crippen MR) is 82.2 cm³/mol. The van der Waals surface area contributed by atoms with Gasteiger partial charge in [0.1, 0.15) is 5.69 Å². The minimum Gasteiger partial charge on any atom is -0.478 e. The standard InChI is InChI=1S/C14H11BrN2O4/c1-8-2-4-12(13(6-8)17(20)21)16-11-5-3-9(14(18)19)7-10(11)15/h2-7,16H,1H3,(H,18,19). The average Bonchev–Trinajstić information content (AvgIpc) is 2.42. The van der Waals surface area contributed by atoms with Gasteiger partial charge in [0, 0.05) is 10.5 Å². The van der Waals surface area contributed by atoms with Crippen LogP contribution in [0.15, 0.2) is 40.9 Å². The summed E-state index contributed by atoms with van der Waals surface area (Å²) in [6.07, 6.45) is 0. The summed E-state index contributed by atoms with van der Waals surface area (Å²) < 4.78 is 0.511. The fraction of sp³-hybridized carbons (Fsp3) is 0.0714. The van der Waals surface area contributed by atoms with Crippen LogP contribution < -0.4 is 5.32 Å². The molecular formula is C14H11BrN2O4. The molecule has 0 aromatic heterocycles. The second-order valence-corrected chi connectivity index (χ2v) is 5.26. The molecule has 0 amide bonds. The van der Waals surface area contributed by atoms with E-state index in [9.17, 15) is 14.9 Å². The molecule has 0 fully saturated rings. The molecular weight excluding hydrogens is 340 g/mol. The Morgan fingerprint density at radius 1 is 1.24 bits per heavy atom. The van der Waals surface area contributed by atoms with Crippen LogP contribution in [0.1, 0.15) is 15.9 Å². The number of anilines is 2. The van der Waals surface area contributed by atoms with Crippen LogP contribution in [0.2, 0.25) is 0 Å². The first-order chi connectivity index (χ1) is 9.88. The lowest BCUT2D eigenvalue weighted by Gasteiger charge is -2.10. The molecule has 0 spiro atoms. The number of nitrogens with zero attached hydrogens (tertiary/aromatic N) is 1. The quantitative estimate of drug-likeness (QED) is 0.639. The lowest BCUT2D eigenvalue weighted by atomic mass is 10.1. The Balaban J connectivity index is 2.39. The van der Waals surface area contributed by atoms with Gasteiger partial charge in [-0.3, -0.25) is 10.1 Å². The maximum atomic E-state index is 11.1. The molecule has 0 aliphatic carbocycles. The first-order valence-electron chi connectivity index (χ1n) is 5.93. The molecule has 21 heavy (non-hydrogen) atoms. The second kappa shape index (κ2) is 5.92. The van der Waals surface area contributed by atoms with Crippen LogP contribution >= 0.6 is 15.9 Å². The average molecular weight is 351 g/mol. The Labute approximate surface area is 128 Å². The van der Waals surface area contributed by atoms with Crippen LogP contribution in [0.25, 0.3) is 0 Å². The molecule has 0 bridgehead atoms. The van der Waals surface area contributed by atoms with Crippen LogP contribution in [0.5, 0.6) is 0 Å². The summed E-state index contributed by atoms with van der Waals surface area (Å²) in [7, 11) is 0. The Morgan fingerprint density at radius 2 is 1.90 bits per heavy atom. The zero-order chi connectivity index (χ0) is 15.6. The smallest absolute Gasteiger partial charge is 0.335 e. The molecule has 0 saturated heterocycles. The Morgan fingerprint density at radius 3 is 2.48 bits per heavy atom. The van der Waals surface area contributed by atoms with Crippen molar-refractivity contribution in [2.24, 2.45) is 0 Å². The fourth-order valence-electron chi connectivity index (χ4n) is 1.79. The van der Waals surface area contributed by atoms with Gasteiger partial charge in [0.15, 0.2) is 0 Å². The SMILES string of the molecule is Cc1ccc(Nc2ccc(C(=O)O)cc2Br)c([N+](=O)[O-])c1. The van der Waals surface area contributed by atoms with Gasteiger partial charge >= 0.3 is 5.97 Å². The van der Waals surface area contributed by atoms with E-state index in [1.165, 1.54) is 18.2 Å². The molecule has 7 heteroatoms. The number of carboxylic acid groups (broad SMARTS) is 1. The number of hydrogen-bond acceptors (Lipinski definition) is 4. The van der Waals surface area contributed by atoms with Crippen LogP contribution in [0.3, 0.4) is 0 Å². The van der Waals surface area contributed by atoms with E-state index in [2.05, 4.69) is 21.2 Å². The van der Waals surface area contributed by atoms with Gasteiger partial charge in [0.25, 0.3) is 5.69 Å². The maximum absolute atomic E-state index is 11.1. The molecule has 0 atom stereocenters. The second-order valence-electron chi connectivity index (χ2n) is 4.40. The minimum absolute atomic E-state index is 0.0378. The molecule has 0 radical (unpaired) electrons. The molecule has 108 valence electrons. The highest BCUT2D eigenvalue weighted by Crippen LogP contribution is 2.32. The lowest BCUT2D eigenvalue weighted by Crippen LogP contribution is -2.00. The first-order valence-corrected chi connectivity index (χ1v) is 6.72. The van der Waals surface area contributed by atoms with E-state index in [0.717, 1.165) is 5.56 Å². The molecule has 0 aliphatic heterocycles. The molecule has 2 rings (SSSR count). The van der Waals surface area contributed by atoms with Gasteiger partial charge in [-0.2, -0.15) is 0 Å². The lowest BCUT2D eigenvalue weighted by molar-refractivity contribution is -0.384. The number of aromatic carboxylic acids is 1. The number of hydrogen-bond donors (Lipinski definition) is 2. The molecule has 0 unspecified atom stereocenters. The third-order valence-electron chi connectivity index (χ3n) is 2.84. The van der Waals surface area contributed by atoms with Gasteiger partial charge < -0.3 is 10.4 Å². The minimum atomic E-state index is -1.04. The van der Waals surface area contributed by atoms with Crippen LogP contribution in [0, 0.1) is 17.0 Å². The molecule has 0 aliphatic rings. The van der Waals surface area contributed by atoms with E-state index < -0.39 is 10.9 Å². The molecule has 0 saturated carbocycles. The molecule has 6 nitrogen and oxygen atoms in total. The summed E-state index contributed by atoms with van der Waals surface area (Å²) in [5, 5.41) is 22.9. The van der Waals surface area contributed by atoms with Gasteiger partial charge in [-0.1, -0.05) is 6.07 Å². The van der Waals surface area contributed by atoms with Crippen molar-refractivity contribution in [2.45, 2.75) is 6.92 Å². The summed E-state index contributed by atoms with van der Waals surface area (Å²) >= 11 is 3.25. The summed E-state index contributed by atoms with van der Waals surface area (Å²) in [6.45, 7) is 1.77. The van der Waals surface area contributed by atoms with Gasteiger partial charge in [0.2, 0.25) is 0 Å². The van der Waals surface area contributed by atoms with Crippen molar-refractivity contribution in [3.05, 3.63) is 62.1 Å². The number of aryl methyl sites for hydroxylation is 1. The molecule has 0 heterocycles. The van der Waals surface area contributed by atoms with E-state index in [1.54, 1.807) is 25.1 Å². The number of benzene rings is 2. The van der Waals surface area contributed by atoms with Crippen molar-refractivity contribution in [1.82, 2.24) is 0 Å². The number of nitro groups is 1. The number of nitrogens with one attached hydrogen (secondary N) is 1. The number of carboxylic acids is 1. The normalized spacial score (nSPS) is 10.2. The van der Waals surface area contributed by atoms with Gasteiger partial charge in [-0.25, -0.2) is 4.79 Å². The monoisotopic (exact) mass is 350 g/mol. The van der Waals surface area contributed by atoms with E-state index >= 15 is 0 Å². The number of rotatable bonds is 4. The summed E-state index contributed by atoms with van der Waals surface area (Å²) in [5.74, 6) is -1.04. The van der Waals surface area contributed by atoms with Crippen LogP contribution in [-0.2, 0) is 0 Å². The molecule has 2 aromatic carbocycles. The van der Waals surface area contributed by atoms with Crippen molar-refractivity contribution in [2.75, 3.05) is 5.32 Å². The van der Waals surface area contributed by atoms with Crippen molar-refractivity contribution in [3.8, 4) is 0 Å². The van der Waals surface area contributed by atoms with Crippen molar-refractivity contribution < 1.29 is 14.8 Å². The summed E-state index contributed by atoms with van der Waals surface area (Å²) in [6, 6.07) is 9.26. The third-order valence-corrected chi connectivity index (χ3v) is 3.49. The Kier molecular flexibility index (Phi) is 4.23. The number of halogens is 1. The third kappa shape index (κ3) is 3.38. The van der Waals surface area contributed by atoms with Crippen molar-refractivity contribution >= 4 is 39.0 Å². The zero-order valence-corrected chi connectivity index (χ0v) is 12.5. The summed E-state index contributed by atoms with van der Waals surface area (Å²) in [4.78, 5) is 21.5. The van der Waals surface area contributed by atoms with E-state index in [0.29, 0.717) is 15.8 Å². The first kappa shape index (κ1) is 15.0. The van der Waals surface area contributed by atoms with Gasteiger partial charge in [-0.15, -0.1) is 0 Å². The van der Waals surface area contributed by atoms with E-state index in [-0.39, 0.29) is 11.3 Å². The fourth-order valence-corrected chi connectivity index (χ4v) is 2.27. The van der Waals surface area contributed by atoms with Crippen molar-refractivity contribution in [3.63, 3.8) is 0 Å². The highest BCUT2D eigenvalue weighted by atomic mass is 79.9. The molecule has 2 aromatic rings. The van der Waals surface area contributed by atoms with Gasteiger partial charge in [-0.05, 0) is 52.7 Å². The highest BCUT2D eigenvalue weighted by molar-refractivity contribution is 9.10. The van der Waals surface area contributed by atoms with Crippen molar-refractivity contribution in [1.29, 1.82) is 0 Å². The highest BCUT2D eigenvalue weighted by Gasteiger charge is 2.15. The van der Waals surface area contributed by atoms with E-state index in [4.69, 9.17) is 5.11 Å². The maximum Gasteiger partial charge on any atom is 0.335 e. The van der Waals surface area contributed by atoms with E-state index in [1.807, 2.05) is 0 Å². The molecule has 2 N–H and O–H groups in total. The topological polar surface area (TPSA) is 92.5 Å². The van der Waals surface area contributed by atoms with Crippen LogP contribution in [-0.4, -0.2) is 16.0 Å². The van der Waals surface area contributed by atoms with Gasteiger partial charge in [0.05, 0.1) is 16.2 Å². The van der Waals surface area contributed by atoms with Crippen LogP contribution in [0.4, 0.5) is 17.1 Å². The largest absolute Gasteiger partial charge is 0.478 e. The Hall–Kier alpha value is -2.41. The number of nitro benzene ring substituents is 1. The summed E-state index contributed by atoms with van der Waals surface area (Å²) in [5.41, 5.74) is 1.77. The Bertz CT molecular complexity index is 731. The predicted octanol–water partition coefficient (Wildman–Crippen LogP) is 4.11. The number of carbonyl (C=O) groups is 1. The zero-order valence-electron chi connectivity index (χ0n) is 11.0.